The van der Waals surface area contributed by atoms with E-state index in [9.17, 15) is 14.4 Å². The van der Waals surface area contributed by atoms with Crippen LogP contribution in [0.5, 0.6) is 0 Å². The highest BCUT2D eigenvalue weighted by molar-refractivity contribution is 7.98. The summed E-state index contributed by atoms with van der Waals surface area (Å²) in [5.74, 6) is 2.54. The van der Waals surface area contributed by atoms with Crippen molar-refractivity contribution in [1.29, 1.82) is 0 Å². The first-order chi connectivity index (χ1) is 16.4. The standard InChI is InChI=1S/C28H43N3O4S/c1-12-19-15-13-14-16-20(19)22(23(32)30-26(2,3)4)31(27(5,6)7)24(33)21(17-18-36-11)29-25(34)35-28(8,9)10/h1,13-16,21-22H,17-18H2,2-11H3,(H,29,34)(H,30,32). The van der Waals surface area contributed by atoms with E-state index in [0.717, 1.165) is 0 Å². The lowest BCUT2D eigenvalue weighted by Crippen LogP contribution is -2.59. The number of alkyl carbamates (subject to hydrolysis) is 1. The van der Waals surface area contributed by atoms with Gasteiger partial charge in [-0.25, -0.2) is 4.79 Å². The van der Waals surface area contributed by atoms with E-state index >= 15 is 0 Å². The number of nitrogens with zero attached hydrogens (tertiary/aromatic N) is 1. The molecule has 1 rings (SSSR count). The fourth-order valence-corrected chi connectivity index (χ4v) is 4.13. The number of terminal acetylenes is 1. The number of thioether (sulfide) groups is 1. The molecule has 0 fully saturated rings. The molecule has 0 aromatic heterocycles. The predicted molar refractivity (Wildman–Crippen MR) is 148 cm³/mol. The molecule has 200 valence electrons. The molecule has 1 aromatic carbocycles. The quantitative estimate of drug-likeness (QED) is 0.479. The van der Waals surface area contributed by atoms with Crippen molar-refractivity contribution in [3.05, 3.63) is 35.4 Å². The third-order valence-electron chi connectivity index (χ3n) is 4.98. The summed E-state index contributed by atoms with van der Waals surface area (Å²) in [6.45, 7) is 16.5. The van der Waals surface area contributed by atoms with E-state index in [4.69, 9.17) is 11.2 Å². The third-order valence-corrected chi connectivity index (χ3v) is 5.62. The Hall–Kier alpha value is -2.66. The van der Waals surface area contributed by atoms with Gasteiger partial charge >= 0.3 is 6.09 Å². The molecule has 2 atom stereocenters. The highest BCUT2D eigenvalue weighted by atomic mass is 32.2. The van der Waals surface area contributed by atoms with Gasteiger partial charge in [0, 0.05) is 16.6 Å². The number of nitrogens with one attached hydrogen (secondary N) is 2. The number of carbonyl (C=O) groups is 3. The van der Waals surface area contributed by atoms with Gasteiger partial charge in [-0.15, -0.1) is 6.42 Å². The van der Waals surface area contributed by atoms with Gasteiger partial charge in [-0.1, -0.05) is 24.1 Å². The zero-order valence-corrected chi connectivity index (χ0v) is 24.3. The van der Waals surface area contributed by atoms with Gasteiger partial charge in [0.1, 0.15) is 17.7 Å². The Morgan fingerprint density at radius 1 is 1.06 bits per heavy atom. The van der Waals surface area contributed by atoms with Crippen LogP contribution in [0.2, 0.25) is 0 Å². The van der Waals surface area contributed by atoms with Crippen LogP contribution in [0.3, 0.4) is 0 Å². The average Bonchev–Trinajstić information content (AvgIpc) is 2.70. The molecule has 2 unspecified atom stereocenters. The van der Waals surface area contributed by atoms with E-state index in [0.29, 0.717) is 23.3 Å². The monoisotopic (exact) mass is 517 g/mol. The molecule has 0 saturated heterocycles. The molecule has 0 bridgehead atoms. The third kappa shape index (κ3) is 9.77. The zero-order valence-electron chi connectivity index (χ0n) is 23.4. The second-order valence-corrected chi connectivity index (χ2v) is 12.7. The van der Waals surface area contributed by atoms with Gasteiger partial charge in [0.15, 0.2) is 0 Å². The van der Waals surface area contributed by atoms with E-state index in [1.54, 1.807) is 56.8 Å². The molecule has 0 radical (unpaired) electrons. The molecule has 1 aromatic rings. The van der Waals surface area contributed by atoms with Crippen molar-refractivity contribution in [2.75, 3.05) is 12.0 Å². The Kier molecular flexibility index (Phi) is 10.9. The van der Waals surface area contributed by atoms with E-state index in [2.05, 4.69) is 16.6 Å². The molecule has 8 heteroatoms. The maximum Gasteiger partial charge on any atom is 0.408 e. The Morgan fingerprint density at radius 3 is 2.11 bits per heavy atom. The Bertz CT molecular complexity index is 965. The Balaban J connectivity index is 3.67. The van der Waals surface area contributed by atoms with E-state index in [-0.39, 0.29) is 11.8 Å². The molecule has 2 N–H and O–H groups in total. The second kappa shape index (κ2) is 12.5. The summed E-state index contributed by atoms with van der Waals surface area (Å²) in [5.41, 5.74) is -0.978. The number of amides is 3. The minimum absolute atomic E-state index is 0.352. The van der Waals surface area contributed by atoms with Gasteiger partial charge < -0.3 is 20.3 Å². The van der Waals surface area contributed by atoms with E-state index in [1.807, 2.05) is 47.8 Å². The number of carbonyl (C=O) groups excluding carboxylic acids is 3. The van der Waals surface area contributed by atoms with Gasteiger partial charge in [-0.2, -0.15) is 11.8 Å². The van der Waals surface area contributed by atoms with Crippen LogP contribution in [-0.2, 0) is 14.3 Å². The number of ether oxygens (including phenoxy) is 1. The number of hydrogen-bond acceptors (Lipinski definition) is 5. The summed E-state index contributed by atoms with van der Waals surface area (Å²) >= 11 is 1.56. The Labute approximate surface area is 221 Å². The molecule has 0 aliphatic carbocycles. The first kappa shape index (κ1) is 31.4. The van der Waals surface area contributed by atoms with Crippen LogP contribution in [0.1, 0.15) is 85.9 Å². The smallest absolute Gasteiger partial charge is 0.408 e. The zero-order chi connectivity index (χ0) is 27.9. The molecule has 0 heterocycles. The van der Waals surface area contributed by atoms with Gasteiger partial charge in [0.25, 0.3) is 0 Å². The van der Waals surface area contributed by atoms with Crippen molar-refractivity contribution < 1.29 is 19.1 Å². The first-order valence-corrected chi connectivity index (χ1v) is 13.5. The lowest BCUT2D eigenvalue weighted by atomic mass is 9.92. The van der Waals surface area contributed by atoms with Crippen molar-refractivity contribution >= 4 is 29.7 Å². The minimum atomic E-state index is -1.01. The molecule has 36 heavy (non-hydrogen) atoms. The van der Waals surface area contributed by atoms with Crippen molar-refractivity contribution in [3.63, 3.8) is 0 Å². The summed E-state index contributed by atoms with van der Waals surface area (Å²) < 4.78 is 5.43. The fourth-order valence-electron chi connectivity index (χ4n) is 3.66. The topological polar surface area (TPSA) is 87.7 Å². The summed E-state index contributed by atoms with van der Waals surface area (Å²) in [6.07, 6.45) is 7.41. The maximum absolute atomic E-state index is 14.2. The van der Waals surface area contributed by atoms with Gasteiger partial charge in [0.05, 0.1) is 0 Å². The fraction of sp³-hybridized carbons (Fsp3) is 0.607. The normalized spacial score (nSPS) is 13.7. The second-order valence-electron chi connectivity index (χ2n) is 11.7. The van der Waals surface area contributed by atoms with Crippen LogP contribution in [0, 0.1) is 12.3 Å². The average molecular weight is 518 g/mol. The van der Waals surface area contributed by atoms with Crippen LogP contribution < -0.4 is 10.6 Å². The number of hydrogen-bond donors (Lipinski definition) is 2. The molecule has 0 aliphatic rings. The largest absolute Gasteiger partial charge is 0.444 e. The van der Waals surface area contributed by atoms with Gasteiger partial charge in [-0.3, -0.25) is 9.59 Å². The van der Waals surface area contributed by atoms with Crippen LogP contribution in [-0.4, -0.2) is 57.5 Å². The summed E-state index contributed by atoms with van der Waals surface area (Å²) in [4.78, 5) is 42.2. The van der Waals surface area contributed by atoms with Crippen molar-refractivity contribution in [3.8, 4) is 12.3 Å². The summed E-state index contributed by atoms with van der Waals surface area (Å²) in [7, 11) is 0. The SMILES string of the molecule is C#Cc1ccccc1C(C(=O)NC(C)(C)C)N(C(=O)C(CCSC)NC(=O)OC(C)(C)C)C(C)(C)C. The van der Waals surface area contributed by atoms with E-state index in [1.165, 1.54) is 4.90 Å². The van der Waals surface area contributed by atoms with Crippen LogP contribution >= 0.6 is 11.8 Å². The van der Waals surface area contributed by atoms with Crippen LogP contribution in [0.4, 0.5) is 4.79 Å². The molecular formula is C28H43N3O4S. The highest BCUT2D eigenvalue weighted by Crippen LogP contribution is 2.32. The van der Waals surface area contributed by atoms with E-state index < -0.39 is 34.9 Å². The number of benzene rings is 1. The molecule has 3 amide bonds. The minimum Gasteiger partial charge on any atom is -0.444 e. The molecule has 0 saturated carbocycles. The number of rotatable bonds is 8. The van der Waals surface area contributed by atoms with Crippen molar-refractivity contribution in [1.82, 2.24) is 15.5 Å². The predicted octanol–water partition coefficient (Wildman–Crippen LogP) is 4.90. The first-order valence-electron chi connectivity index (χ1n) is 12.1. The highest BCUT2D eigenvalue weighted by Gasteiger charge is 2.43. The lowest BCUT2D eigenvalue weighted by molar-refractivity contribution is -0.149. The summed E-state index contributed by atoms with van der Waals surface area (Å²) in [5, 5.41) is 5.76. The van der Waals surface area contributed by atoms with Gasteiger partial charge in [0.2, 0.25) is 11.8 Å². The van der Waals surface area contributed by atoms with Crippen molar-refractivity contribution in [2.45, 2.75) is 97.5 Å². The van der Waals surface area contributed by atoms with Crippen LogP contribution in [0.25, 0.3) is 0 Å². The molecule has 7 nitrogen and oxygen atoms in total. The summed E-state index contributed by atoms with van der Waals surface area (Å²) in [6, 6.07) is 5.21. The van der Waals surface area contributed by atoms with Crippen molar-refractivity contribution in [2.24, 2.45) is 0 Å². The van der Waals surface area contributed by atoms with Crippen LogP contribution in [0.15, 0.2) is 24.3 Å². The molecule has 0 spiro atoms. The molecular weight excluding hydrogens is 474 g/mol. The Morgan fingerprint density at radius 2 is 1.64 bits per heavy atom. The maximum atomic E-state index is 14.2. The lowest BCUT2D eigenvalue weighted by Gasteiger charge is -2.44. The molecule has 0 aliphatic heterocycles. The van der Waals surface area contributed by atoms with Gasteiger partial charge in [-0.05, 0) is 92.4 Å².